The molecule has 1 fully saturated rings. The minimum atomic E-state index is -0.262. The fraction of sp³-hybridized carbons (Fsp3) is 0.375. The summed E-state index contributed by atoms with van der Waals surface area (Å²) in [6.07, 6.45) is 1.24. The zero-order chi connectivity index (χ0) is 21.5. The lowest BCUT2D eigenvalue weighted by atomic mass is 9.95. The average molecular weight is 408 g/mol. The van der Waals surface area contributed by atoms with Gasteiger partial charge in [-0.2, -0.15) is 0 Å². The molecule has 0 spiro atoms. The second kappa shape index (κ2) is 10.1. The highest BCUT2D eigenvalue weighted by atomic mass is 16.2. The van der Waals surface area contributed by atoms with Gasteiger partial charge in [-0.1, -0.05) is 44.2 Å². The van der Waals surface area contributed by atoms with Crippen molar-refractivity contribution in [3.8, 4) is 0 Å². The van der Waals surface area contributed by atoms with Gasteiger partial charge in [0.05, 0.1) is 6.54 Å². The molecule has 1 saturated heterocycles. The maximum atomic E-state index is 12.6. The zero-order valence-electron chi connectivity index (χ0n) is 17.6. The summed E-state index contributed by atoms with van der Waals surface area (Å²) in [5.41, 5.74) is 2.56. The molecule has 0 unspecified atom stereocenters. The van der Waals surface area contributed by atoms with Gasteiger partial charge in [0, 0.05) is 30.3 Å². The molecule has 3 rings (SSSR count). The van der Waals surface area contributed by atoms with Crippen LogP contribution in [0.3, 0.4) is 0 Å². The number of piperidine rings is 1. The van der Waals surface area contributed by atoms with Gasteiger partial charge >= 0.3 is 0 Å². The van der Waals surface area contributed by atoms with Gasteiger partial charge in [-0.25, -0.2) is 0 Å². The lowest BCUT2D eigenvalue weighted by Gasteiger charge is -2.31. The average Bonchev–Trinajstić information content (AvgIpc) is 2.78. The summed E-state index contributed by atoms with van der Waals surface area (Å²) in [4.78, 5) is 38.7. The molecule has 6 nitrogen and oxygen atoms in total. The van der Waals surface area contributed by atoms with Gasteiger partial charge in [0.1, 0.15) is 0 Å². The summed E-state index contributed by atoms with van der Waals surface area (Å²) >= 11 is 0. The highest BCUT2D eigenvalue weighted by Crippen LogP contribution is 2.21. The second-order valence-electron chi connectivity index (χ2n) is 7.97. The van der Waals surface area contributed by atoms with Gasteiger partial charge in [0.25, 0.3) is 5.91 Å². The van der Waals surface area contributed by atoms with Crippen molar-refractivity contribution in [2.75, 3.05) is 25.0 Å². The Labute approximate surface area is 177 Å². The molecule has 1 aliphatic heterocycles. The molecular weight excluding hydrogens is 378 g/mol. The minimum Gasteiger partial charge on any atom is -0.343 e. The van der Waals surface area contributed by atoms with Crippen molar-refractivity contribution in [2.24, 2.45) is 5.92 Å². The Morgan fingerprint density at radius 1 is 0.967 bits per heavy atom. The van der Waals surface area contributed by atoms with Crippen LogP contribution in [0.15, 0.2) is 54.6 Å². The molecule has 2 aromatic rings. The van der Waals surface area contributed by atoms with E-state index in [1.54, 1.807) is 29.2 Å². The molecule has 158 valence electrons. The first-order valence-corrected chi connectivity index (χ1v) is 10.5. The molecule has 0 radical (unpaired) electrons. The summed E-state index contributed by atoms with van der Waals surface area (Å²) < 4.78 is 0. The van der Waals surface area contributed by atoms with Crippen LogP contribution in [0.4, 0.5) is 5.69 Å². The topological polar surface area (TPSA) is 78.5 Å². The van der Waals surface area contributed by atoms with Crippen molar-refractivity contribution in [3.05, 3.63) is 65.7 Å². The Morgan fingerprint density at radius 2 is 1.60 bits per heavy atom. The number of carbonyl (C=O) groups excluding carboxylic acids is 3. The molecule has 0 saturated carbocycles. The van der Waals surface area contributed by atoms with Gasteiger partial charge in [-0.3, -0.25) is 14.4 Å². The van der Waals surface area contributed by atoms with E-state index in [2.05, 4.69) is 24.5 Å². The van der Waals surface area contributed by atoms with E-state index < -0.39 is 0 Å². The Bertz CT molecular complexity index is 870. The molecule has 30 heavy (non-hydrogen) atoms. The van der Waals surface area contributed by atoms with E-state index in [9.17, 15) is 14.4 Å². The Balaban J connectivity index is 1.43. The summed E-state index contributed by atoms with van der Waals surface area (Å²) in [7, 11) is 0. The number of benzene rings is 2. The molecule has 0 bridgehead atoms. The minimum absolute atomic E-state index is 0.00298. The number of nitrogens with one attached hydrogen (secondary N) is 2. The van der Waals surface area contributed by atoms with Crippen molar-refractivity contribution in [3.63, 3.8) is 0 Å². The van der Waals surface area contributed by atoms with Gasteiger partial charge in [-0.05, 0) is 48.6 Å². The van der Waals surface area contributed by atoms with Gasteiger partial charge < -0.3 is 15.5 Å². The fourth-order valence-electron chi connectivity index (χ4n) is 3.55. The highest BCUT2D eigenvalue weighted by molar-refractivity contribution is 5.96. The largest absolute Gasteiger partial charge is 0.343 e. The van der Waals surface area contributed by atoms with Crippen LogP contribution in [0.2, 0.25) is 0 Å². The predicted octanol–water partition coefficient (Wildman–Crippen LogP) is 3.42. The van der Waals surface area contributed by atoms with Crippen LogP contribution in [0.1, 0.15) is 48.5 Å². The molecule has 2 aromatic carbocycles. The van der Waals surface area contributed by atoms with Crippen LogP contribution >= 0.6 is 0 Å². The maximum Gasteiger partial charge on any atom is 0.251 e. The van der Waals surface area contributed by atoms with Crippen molar-refractivity contribution in [1.82, 2.24) is 10.2 Å². The number of nitrogens with zero attached hydrogens (tertiary/aromatic N) is 1. The fourth-order valence-corrected chi connectivity index (χ4v) is 3.55. The van der Waals surface area contributed by atoms with Crippen molar-refractivity contribution in [2.45, 2.75) is 32.6 Å². The van der Waals surface area contributed by atoms with Crippen LogP contribution in [-0.4, -0.2) is 42.3 Å². The van der Waals surface area contributed by atoms with Crippen LogP contribution in [0.5, 0.6) is 0 Å². The maximum absolute atomic E-state index is 12.6. The van der Waals surface area contributed by atoms with E-state index >= 15 is 0 Å². The van der Waals surface area contributed by atoms with Crippen molar-refractivity contribution in [1.29, 1.82) is 0 Å². The normalized spacial score (nSPS) is 14.4. The number of rotatable bonds is 6. The number of likely N-dealkylation sites (tertiary alicyclic amines) is 1. The number of anilines is 1. The molecule has 6 heteroatoms. The molecule has 0 aromatic heterocycles. The van der Waals surface area contributed by atoms with Crippen molar-refractivity contribution >= 4 is 23.4 Å². The Morgan fingerprint density at radius 3 is 2.20 bits per heavy atom. The molecule has 1 aliphatic rings. The predicted molar refractivity (Wildman–Crippen MR) is 117 cm³/mol. The van der Waals surface area contributed by atoms with E-state index in [-0.39, 0.29) is 30.2 Å². The van der Waals surface area contributed by atoms with E-state index in [4.69, 9.17) is 0 Å². The quantitative estimate of drug-likeness (QED) is 0.770. The van der Waals surface area contributed by atoms with Gasteiger partial charge in [-0.15, -0.1) is 0 Å². The number of hydrogen-bond donors (Lipinski definition) is 2. The summed E-state index contributed by atoms with van der Waals surface area (Å²) in [6.45, 7) is 5.27. The molecular formula is C24H29N3O3. The van der Waals surface area contributed by atoms with Gasteiger partial charge in [0.2, 0.25) is 11.8 Å². The first-order valence-electron chi connectivity index (χ1n) is 10.5. The summed E-state index contributed by atoms with van der Waals surface area (Å²) in [6, 6.07) is 16.7. The van der Waals surface area contributed by atoms with Gasteiger partial charge in [0.15, 0.2) is 0 Å². The first kappa shape index (κ1) is 21.6. The number of amides is 3. The van der Waals surface area contributed by atoms with Crippen LogP contribution in [-0.2, 0) is 9.59 Å². The Hall–Kier alpha value is -3.15. The van der Waals surface area contributed by atoms with Crippen molar-refractivity contribution < 1.29 is 14.4 Å². The van der Waals surface area contributed by atoms with E-state index in [1.165, 1.54) is 5.56 Å². The molecule has 0 aliphatic carbocycles. The second-order valence-corrected chi connectivity index (χ2v) is 7.97. The molecule has 2 N–H and O–H groups in total. The summed E-state index contributed by atoms with van der Waals surface area (Å²) in [5.74, 6) is -0.0484. The summed E-state index contributed by atoms with van der Waals surface area (Å²) in [5, 5.41) is 5.65. The lowest BCUT2D eigenvalue weighted by Crippen LogP contribution is -2.45. The number of hydrogen-bond acceptors (Lipinski definition) is 3. The van der Waals surface area contributed by atoms with Crippen LogP contribution in [0, 0.1) is 5.92 Å². The van der Waals surface area contributed by atoms with E-state index in [0.29, 0.717) is 37.4 Å². The van der Waals surface area contributed by atoms with E-state index in [0.717, 1.165) is 5.69 Å². The third-order valence-corrected chi connectivity index (χ3v) is 5.50. The molecule has 3 amide bonds. The van der Waals surface area contributed by atoms with Crippen LogP contribution in [0.25, 0.3) is 0 Å². The lowest BCUT2D eigenvalue weighted by molar-refractivity contribution is -0.133. The molecule has 0 atom stereocenters. The highest BCUT2D eigenvalue weighted by Gasteiger charge is 2.27. The zero-order valence-corrected chi connectivity index (χ0v) is 17.6. The smallest absolute Gasteiger partial charge is 0.251 e. The SMILES string of the molecule is CC(C)c1ccc(NC(=O)C2CCN(C(=O)CNC(=O)c3ccccc3)CC2)cc1. The Kier molecular flexibility index (Phi) is 7.22. The van der Waals surface area contributed by atoms with Crippen LogP contribution < -0.4 is 10.6 Å². The standard InChI is InChI=1S/C24H29N3O3/c1-17(2)18-8-10-21(11-9-18)26-24(30)20-12-14-27(15-13-20)22(28)16-25-23(29)19-6-4-3-5-7-19/h3-11,17,20H,12-16H2,1-2H3,(H,25,29)(H,26,30). The van der Waals surface area contributed by atoms with E-state index in [1.807, 2.05) is 30.3 Å². The third kappa shape index (κ3) is 5.69. The molecule has 1 heterocycles. The first-order chi connectivity index (χ1) is 14.4. The monoisotopic (exact) mass is 407 g/mol. The third-order valence-electron chi connectivity index (χ3n) is 5.50. The number of carbonyl (C=O) groups is 3.